The maximum absolute atomic E-state index is 12.2. The second-order valence-corrected chi connectivity index (χ2v) is 6.05. The normalized spacial score (nSPS) is 25.4. The molecule has 0 radical (unpaired) electrons. The van der Waals surface area contributed by atoms with Crippen molar-refractivity contribution >= 4 is 17.8 Å². The Hall–Kier alpha value is -1.59. The van der Waals surface area contributed by atoms with E-state index in [1.54, 1.807) is 4.90 Å². The monoisotopic (exact) mass is 282 g/mol. The topological polar surface area (TPSA) is 86.7 Å². The molecule has 2 amide bonds. The highest BCUT2D eigenvalue weighted by molar-refractivity contribution is 5.92. The van der Waals surface area contributed by atoms with E-state index in [1.165, 1.54) is 6.92 Å². The average molecular weight is 282 g/mol. The second kappa shape index (κ2) is 5.42. The summed E-state index contributed by atoms with van der Waals surface area (Å²) in [5.41, 5.74) is -1.25. The molecule has 112 valence electrons. The van der Waals surface area contributed by atoms with Gasteiger partial charge in [0.2, 0.25) is 11.8 Å². The lowest BCUT2D eigenvalue weighted by molar-refractivity contribution is -0.147. The number of carboxylic acids is 1. The van der Waals surface area contributed by atoms with Crippen LogP contribution in [0.2, 0.25) is 0 Å². The zero-order valence-corrected chi connectivity index (χ0v) is 12.0. The van der Waals surface area contributed by atoms with E-state index in [4.69, 9.17) is 0 Å². The van der Waals surface area contributed by atoms with Crippen molar-refractivity contribution in [1.29, 1.82) is 0 Å². The number of carbonyl (C=O) groups is 3. The Morgan fingerprint density at radius 3 is 2.60 bits per heavy atom. The molecule has 1 aliphatic heterocycles. The van der Waals surface area contributed by atoms with Gasteiger partial charge in [-0.1, -0.05) is 13.3 Å². The van der Waals surface area contributed by atoms with E-state index in [2.05, 4.69) is 5.32 Å². The van der Waals surface area contributed by atoms with E-state index in [9.17, 15) is 19.5 Å². The minimum Gasteiger partial charge on any atom is -0.480 e. The van der Waals surface area contributed by atoms with Crippen LogP contribution in [0.1, 0.15) is 46.0 Å². The summed E-state index contributed by atoms with van der Waals surface area (Å²) < 4.78 is 0. The van der Waals surface area contributed by atoms with Gasteiger partial charge in [0.15, 0.2) is 0 Å². The molecule has 0 bridgehead atoms. The number of hydrogen-bond acceptors (Lipinski definition) is 3. The largest absolute Gasteiger partial charge is 0.480 e. The number of aliphatic carboxylic acids is 1. The smallest absolute Gasteiger partial charge is 0.329 e. The van der Waals surface area contributed by atoms with Gasteiger partial charge >= 0.3 is 5.97 Å². The van der Waals surface area contributed by atoms with Crippen LogP contribution in [-0.2, 0) is 14.4 Å². The third kappa shape index (κ3) is 2.94. The van der Waals surface area contributed by atoms with Gasteiger partial charge in [-0.2, -0.15) is 0 Å². The zero-order valence-electron chi connectivity index (χ0n) is 12.0. The standard InChI is InChI=1S/C14H22N2O4/c1-3-6-14(2,13(19)20)15-12(18)9-7-11(17)16(8-9)10-4-5-10/h9-10H,3-8H2,1-2H3,(H,15,18)(H,19,20). The first kappa shape index (κ1) is 14.8. The number of carboxylic acid groups (broad SMARTS) is 1. The maximum atomic E-state index is 12.2. The summed E-state index contributed by atoms with van der Waals surface area (Å²) >= 11 is 0. The number of nitrogens with one attached hydrogen (secondary N) is 1. The lowest BCUT2D eigenvalue weighted by Gasteiger charge is -2.27. The van der Waals surface area contributed by atoms with Crippen molar-refractivity contribution in [2.24, 2.45) is 5.92 Å². The molecule has 0 aromatic rings. The average Bonchev–Trinajstić information content (AvgIpc) is 3.12. The van der Waals surface area contributed by atoms with Gasteiger partial charge in [0, 0.05) is 19.0 Å². The molecular weight excluding hydrogens is 260 g/mol. The molecule has 0 spiro atoms. The van der Waals surface area contributed by atoms with Crippen LogP contribution in [-0.4, -0.2) is 45.9 Å². The fourth-order valence-electron chi connectivity index (χ4n) is 2.74. The molecule has 6 heteroatoms. The summed E-state index contributed by atoms with van der Waals surface area (Å²) in [4.78, 5) is 37.1. The Kier molecular flexibility index (Phi) is 4.01. The van der Waals surface area contributed by atoms with Crippen LogP contribution in [0.3, 0.4) is 0 Å². The first-order chi connectivity index (χ1) is 9.37. The second-order valence-electron chi connectivity index (χ2n) is 6.05. The van der Waals surface area contributed by atoms with Crippen molar-refractivity contribution in [3.05, 3.63) is 0 Å². The van der Waals surface area contributed by atoms with Gasteiger partial charge in [-0.15, -0.1) is 0 Å². The number of rotatable bonds is 6. The van der Waals surface area contributed by atoms with Gasteiger partial charge in [0.05, 0.1) is 5.92 Å². The van der Waals surface area contributed by atoms with E-state index >= 15 is 0 Å². The van der Waals surface area contributed by atoms with E-state index in [0.717, 1.165) is 12.8 Å². The molecular formula is C14H22N2O4. The van der Waals surface area contributed by atoms with Crippen molar-refractivity contribution in [3.63, 3.8) is 0 Å². The van der Waals surface area contributed by atoms with Crippen LogP contribution >= 0.6 is 0 Å². The van der Waals surface area contributed by atoms with Crippen LogP contribution in [0.4, 0.5) is 0 Å². The van der Waals surface area contributed by atoms with E-state index in [0.29, 0.717) is 25.4 Å². The van der Waals surface area contributed by atoms with Crippen molar-refractivity contribution in [2.75, 3.05) is 6.54 Å². The fourth-order valence-corrected chi connectivity index (χ4v) is 2.74. The number of nitrogens with zero attached hydrogens (tertiary/aromatic N) is 1. The fraction of sp³-hybridized carbons (Fsp3) is 0.786. The minimum absolute atomic E-state index is 0.0140. The molecule has 1 saturated carbocycles. The molecule has 2 fully saturated rings. The highest BCUT2D eigenvalue weighted by Gasteiger charge is 2.43. The molecule has 2 N–H and O–H groups in total. The third-order valence-corrected chi connectivity index (χ3v) is 4.14. The summed E-state index contributed by atoms with van der Waals surface area (Å²) in [6.45, 7) is 3.82. The predicted molar refractivity (Wildman–Crippen MR) is 71.9 cm³/mol. The van der Waals surface area contributed by atoms with Gasteiger partial charge in [-0.3, -0.25) is 9.59 Å². The Morgan fingerprint density at radius 1 is 1.45 bits per heavy atom. The molecule has 6 nitrogen and oxygen atoms in total. The molecule has 2 rings (SSSR count). The summed E-state index contributed by atoms with van der Waals surface area (Å²) in [6, 6.07) is 0.307. The van der Waals surface area contributed by atoms with E-state index < -0.39 is 17.4 Å². The van der Waals surface area contributed by atoms with Crippen LogP contribution < -0.4 is 5.32 Å². The Bertz CT molecular complexity index is 433. The van der Waals surface area contributed by atoms with Gasteiger partial charge in [-0.05, 0) is 26.2 Å². The molecule has 1 heterocycles. The Labute approximate surface area is 118 Å². The van der Waals surface area contributed by atoms with Crippen LogP contribution in [0.25, 0.3) is 0 Å². The van der Waals surface area contributed by atoms with Crippen LogP contribution in [0, 0.1) is 5.92 Å². The number of hydrogen-bond donors (Lipinski definition) is 2. The molecule has 2 aliphatic rings. The summed E-state index contributed by atoms with van der Waals surface area (Å²) in [5, 5.41) is 11.9. The van der Waals surface area contributed by atoms with Crippen molar-refractivity contribution in [2.45, 2.75) is 57.5 Å². The van der Waals surface area contributed by atoms with Gasteiger partial charge in [-0.25, -0.2) is 4.79 Å². The lowest BCUT2D eigenvalue weighted by atomic mass is 9.95. The molecule has 1 aliphatic carbocycles. The first-order valence-electron chi connectivity index (χ1n) is 7.22. The molecule has 2 atom stereocenters. The lowest BCUT2D eigenvalue weighted by Crippen LogP contribution is -2.54. The Balaban J connectivity index is 1.97. The summed E-state index contributed by atoms with van der Waals surface area (Å²) in [6.07, 6.45) is 3.28. The number of amides is 2. The maximum Gasteiger partial charge on any atom is 0.329 e. The number of carbonyl (C=O) groups excluding carboxylic acids is 2. The number of likely N-dealkylation sites (tertiary alicyclic amines) is 1. The third-order valence-electron chi connectivity index (χ3n) is 4.14. The highest BCUT2D eigenvalue weighted by Crippen LogP contribution is 2.32. The molecule has 2 unspecified atom stereocenters. The summed E-state index contributed by atoms with van der Waals surface area (Å²) in [5.74, 6) is -1.75. The van der Waals surface area contributed by atoms with Crippen LogP contribution in [0.15, 0.2) is 0 Å². The molecule has 20 heavy (non-hydrogen) atoms. The minimum atomic E-state index is -1.25. The van der Waals surface area contributed by atoms with E-state index in [-0.39, 0.29) is 18.2 Å². The quantitative estimate of drug-likeness (QED) is 0.753. The summed E-state index contributed by atoms with van der Waals surface area (Å²) in [7, 11) is 0. The molecule has 0 aromatic heterocycles. The highest BCUT2D eigenvalue weighted by atomic mass is 16.4. The van der Waals surface area contributed by atoms with Crippen LogP contribution in [0.5, 0.6) is 0 Å². The first-order valence-corrected chi connectivity index (χ1v) is 7.22. The van der Waals surface area contributed by atoms with Crippen molar-refractivity contribution in [3.8, 4) is 0 Å². The van der Waals surface area contributed by atoms with E-state index in [1.807, 2.05) is 6.92 Å². The molecule has 1 saturated heterocycles. The van der Waals surface area contributed by atoms with Gasteiger partial charge in [0.1, 0.15) is 5.54 Å². The van der Waals surface area contributed by atoms with Crippen molar-refractivity contribution < 1.29 is 19.5 Å². The van der Waals surface area contributed by atoms with Gasteiger partial charge < -0.3 is 15.3 Å². The predicted octanol–water partition coefficient (Wildman–Crippen LogP) is 0.757. The molecule has 0 aromatic carbocycles. The van der Waals surface area contributed by atoms with Crippen molar-refractivity contribution in [1.82, 2.24) is 10.2 Å². The Morgan fingerprint density at radius 2 is 2.10 bits per heavy atom. The zero-order chi connectivity index (χ0) is 14.9. The van der Waals surface area contributed by atoms with Gasteiger partial charge in [0.25, 0.3) is 0 Å². The SMILES string of the molecule is CCCC(C)(NC(=O)C1CC(=O)N(C2CC2)C1)C(=O)O.